The first-order valence-corrected chi connectivity index (χ1v) is 8.96. The van der Waals surface area contributed by atoms with Crippen LogP contribution in [0.3, 0.4) is 0 Å². The molecule has 0 amide bonds. The molecule has 2 aromatic carbocycles. The molecule has 128 valence electrons. The summed E-state index contributed by atoms with van der Waals surface area (Å²) in [4.78, 5) is 4.46. The lowest BCUT2D eigenvalue weighted by Crippen LogP contribution is -2.28. The molecule has 1 aliphatic rings. The van der Waals surface area contributed by atoms with Gasteiger partial charge < -0.3 is 14.6 Å². The van der Waals surface area contributed by atoms with Gasteiger partial charge in [-0.05, 0) is 18.6 Å². The number of rotatable bonds is 6. The normalized spacial score (nSPS) is 13.2. The Kier molecular flexibility index (Phi) is 4.53. The molecule has 0 atom stereocenters. The predicted octanol–water partition coefficient (Wildman–Crippen LogP) is 4.32. The first kappa shape index (κ1) is 15.9. The number of para-hydroxylation sites is 2. The highest BCUT2D eigenvalue weighted by Gasteiger charge is 2.26. The second-order valence-corrected chi connectivity index (χ2v) is 6.35. The summed E-state index contributed by atoms with van der Waals surface area (Å²) in [6.07, 6.45) is 6.10. The molecule has 1 aliphatic heterocycles. The minimum atomic E-state index is 0.152. The third-order valence-corrected chi connectivity index (χ3v) is 4.66. The zero-order valence-electron chi connectivity index (χ0n) is 14.5. The molecule has 4 heteroatoms. The molecule has 0 fully saturated rings. The van der Waals surface area contributed by atoms with E-state index in [4.69, 9.17) is 4.74 Å². The van der Waals surface area contributed by atoms with Crippen LogP contribution in [0.1, 0.15) is 36.3 Å². The summed E-state index contributed by atoms with van der Waals surface area (Å²) >= 11 is 0. The summed E-state index contributed by atoms with van der Waals surface area (Å²) in [6, 6.07) is 16.7. The highest BCUT2D eigenvalue weighted by atomic mass is 16.5. The van der Waals surface area contributed by atoms with Crippen molar-refractivity contribution < 1.29 is 4.74 Å². The van der Waals surface area contributed by atoms with E-state index in [0.717, 1.165) is 43.3 Å². The maximum absolute atomic E-state index is 6.06. The highest BCUT2D eigenvalue weighted by molar-refractivity contribution is 5.52. The van der Waals surface area contributed by atoms with E-state index in [1.165, 1.54) is 11.1 Å². The van der Waals surface area contributed by atoms with Crippen LogP contribution < -0.4 is 10.1 Å². The maximum Gasteiger partial charge on any atom is 0.132 e. The molecule has 0 unspecified atom stereocenters. The van der Waals surface area contributed by atoms with Gasteiger partial charge in [0, 0.05) is 43.0 Å². The van der Waals surface area contributed by atoms with E-state index < -0.39 is 0 Å². The second-order valence-electron chi connectivity index (χ2n) is 6.35. The third-order valence-electron chi connectivity index (χ3n) is 4.66. The SMILES string of the molecule is CCCc1nccn1CCNC1c2ccccc2Oc2ccccc21. The molecule has 0 bridgehead atoms. The molecular formula is C21H23N3O. The number of hydrogen-bond donors (Lipinski definition) is 1. The molecule has 25 heavy (non-hydrogen) atoms. The van der Waals surface area contributed by atoms with Crippen LogP contribution in [0.2, 0.25) is 0 Å². The third kappa shape index (κ3) is 3.17. The molecule has 0 spiro atoms. The molecule has 0 saturated heterocycles. The topological polar surface area (TPSA) is 39.1 Å². The number of nitrogens with zero attached hydrogens (tertiary/aromatic N) is 2. The molecule has 2 heterocycles. The van der Waals surface area contributed by atoms with Crippen LogP contribution in [0.4, 0.5) is 0 Å². The van der Waals surface area contributed by atoms with Gasteiger partial charge in [-0.25, -0.2) is 4.98 Å². The Hall–Kier alpha value is -2.59. The quantitative estimate of drug-likeness (QED) is 0.730. The number of ether oxygens (including phenoxy) is 1. The second kappa shape index (κ2) is 7.11. The van der Waals surface area contributed by atoms with Crippen molar-refractivity contribution in [3.63, 3.8) is 0 Å². The van der Waals surface area contributed by atoms with Crippen molar-refractivity contribution in [1.82, 2.24) is 14.9 Å². The van der Waals surface area contributed by atoms with Crippen molar-refractivity contribution in [2.75, 3.05) is 6.54 Å². The first-order valence-electron chi connectivity index (χ1n) is 8.96. The van der Waals surface area contributed by atoms with E-state index in [9.17, 15) is 0 Å². The Morgan fingerprint density at radius 3 is 2.40 bits per heavy atom. The number of aromatic nitrogens is 2. The van der Waals surface area contributed by atoms with Crippen LogP contribution in [0.5, 0.6) is 11.5 Å². The Labute approximate surface area is 148 Å². The van der Waals surface area contributed by atoms with E-state index in [1.807, 2.05) is 30.5 Å². The average molecular weight is 333 g/mol. The summed E-state index contributed by atoms with van der Waals surface area (Å²) in [6.45, 7) is 3.98. The summed E-state index contributed by atoms with van der Waals surface area (Å²) < 4.78 is 8.30. The van der Waals surface area contributed by atoms with Crippen LogP contribution in [0.25, 0.3) is 0 Å². The standard InChI is InChI=1S/C21H23N3O/c1-2-7-20-22-12-14-24(20)15-13-23-21-16-8-3-5-10-18(16)25-19-11-6-4-9-17(19)21/h3-6,8-12,14,21,23H,2,7,13,15H2,1H3. The van der Waals surface area contributed by atoms with Crippen LogP contribution >= 0.6 is 0 Å². The molecule has 0 radical (unpaired) electrons. The van der Waals surface area contributed by atoms with Gasteiger partial charge in [-0.1, -0.05) is 43.3 Å². The summed E-state index contributed by atoms with van der Waals surface area (Å²) in [5.74, 6) is 3.04. The van der Waals surface area contributed by atoms with Crippen molar-refractivity contribution in [3.05, 3.63) is 77.9 Å². The van der Waals surface area contributed by atoms with E-state index in [2.05, 4.69) is 52.3 Å². The fraction of sp³-hybridized carbons (Fsp3) is 0.286. The van der Waals surface area contributed by atoms with Crippen LogP contribution in [-0.4, -0.2) is 16.1 Å². The Morgan fingerprint density at radius 2 is 1.72 bits per heavy atom. The van der Waals surface area contributed by atoms with Gasteiger partial charge in [-0.2, -0.15) is 0 Å². The lowest BCUT2D eigenvalue weighted by molar-refractivity contribution is 0.423. The zero-order valence-corrected chi connectivity index (χ0v) is 14.5. The Morgan fingerprint density at radius 1 is 1.04 bits per heavy atom. The fourth-order valence-electron chi connectivity index (χ4n) is 3.45. The van der Waals surface area contributed by atoms with E-state index in [-0.39, 0.29) is 6.04 Å². The smallest absolute Gasteiger partial charge is 0.132 e. The summed E-state index contributed by atoms with van der Waals surface area (Å²) in [7, 11) is 0. The van der Waals surface area contributed by atoms with Crippen molar-refractivity contribution >= 4 is 0 Å². The van der Waals surface area contributed by atoms with Gasteiger partial charge in [-0.3, -0.25) is 0 Å². The van der Waals surface area contributed by atoms with Crippen molar-refractivity contribution in [2.24, 2.45) is 0 Å². The number of fused-ring (bicyclic) bond motifs is 2. The van der Waals surface area contributed by atoms with Gasteiger partial charge >= 0.3 is 0 Å². The van der Waals surface area contributed by atoms with Crippen molar-refractivity contribution in [3.8, 4) is 11.5 Å². The van der Waals surface area contributed by atoms with Crippen LogP contribution in [0.15, 0.2) is 60.9 Å². The van der Waals surface area contributed by atoms with E-state index >= 15 is 0 Å². The van der Waals surface area contributed by atoms with Gasteiger partial charge in [-0.15, -0.1) is 0 Å². The predicted molar refractivity (Wildman–Crippen MR) is 99.0 cm³/mol. The first-order chi connectivity index (χ1) is 12.4. The summed E-state index contributed by atoms with van der Waals surface area (Å²) in [5, 5.41) is 3.71. The van der Waals surface area contributed by atoms with Gasteiger partial charge in [0.05, 0.1) is 6.04 Å². The van der Waals surface area contributed by atoms with Crippen molar-refractivity contribution in [2.45, 2.75) is 32.4 Å². The molecule has 0 saturated carbocycles. The molecule has 3 aromatic rings. The molecular weight excluding hydrogens is 310 g/mol. The molecule has 4 rings (SSSR count). The monoisotopic (exact) mass is 333 g/mol. The van der Waals surface area contributed by atoms with Gasteiger partial charge in [0.1, 0.15) is 17.3 Å². The maximum atomic E-state index is 6.06. The lowest BCUT2D eigenvalue weighted by Gasteiger charge is -2.29. The van der Waals surface area contributed by atoms with Crippen LogP contribution in [0, 0.1) is 0 Å². The average Bonchev–Trinajstić information content (AvgIpc) is 3.08. The van der Waals surface area contributed by atoms with E-state index in [1.54, 1.807) is 0 Å². The summed E-state index contributed by atoms with van der Waals surface area (Å²) in [5.41, 5.74) is 2.39. The Bertz CT molecular complexity index is 810. The number of aryl methyl sites for hydroxylation is 1. The van der Waals surface area contributed by atoms with Crippen LogP contribution in [-0.2, 0) is 13.0 Å². The molecule has 4 nitrogen and oxygen atoms in total. The zero-order chi connectivity index (χ0) is 17.1. The lowest BCUT2D eigenvalue weighted by atomic mass is 9.94. The molecule has 0 aliphatic carbocycles. The number of imidazole rings is 1. The largest absolute Gasteiger partial charge is 0.457 e. The fourth-order valence-corrected chi connectivity index (χ4v) is 3.45. The molecule has 1 aromatic heterocycles. The van der Waals surface area contributed by atoms with Crippen molar-refractivity contribution in [1.29, 1.82) is 0 Å². The highest BCUT2D eigenvalue weighted by Crippen LogP contribution is 2.42. The Balaban J connectivity index is 1.53. The van der Waals surface area contributed by atoms with E-state index in [0.29, 0.717) is 0 Å². The number of benzene rings is 2. The minimum Gasteiger partial charge on any atom is -0.457 e. The number of nitrogens with one attached hydrogen (secondary N) is 1. The number of hydrogen-bond acceptors (Lipinski definition) is 3. The van der Waals surface area contributed by atoms with Gasteiger partial charge in [0.25, 0.3) is 0 Å². The molecule has 1 N–H and O–H groups in total. The van der Waals surface area contributed by atoms with Gasteiger partial charge in [0.15, 0.2) is 0 Å². The minimum absolute atomic E-state index is 0.152. The van der Waals surface area contributed by atoms with Gasteiger partial charge in [0.2, 0.25) is 0 Å².